The molecule has 2 aromatic carbocycles. The Hall–Kier alpha value is -1.42. The summed E-state index contributed by atoms with van der Waals surface area (Å²) in [6.45, 7) is 7.69. The van der Waals surface area contributed by atoms with Gasteiger partial charge in [0.05, 0.1) is 18.3 Å². The first-order valence-corrected chi connectivity index (χ1v) is 11.8. The van der Waals surface area contributed by atoms with E-state index in [-0.39, 0.29) is 16.7 Å². The molecule has 2 fully saturated rings. The maximum Gasteiger partial charge on any atom is 0.261 e. The van der Waals surface area contributed by atoms with E-state index in [1.54, 1.807) is 0 Å². The third-order valence-electron chi connectivity index (χ3n) is 6.05. The summed E-state index contributed by atoms with van der Waals surface area (Å²) in [6.07, 6.45) is 5.07. The van der Waals surface area contributed by atoms with Crippen molar-refractivity contribution >= 4 is 18.7 Å². The highest BCUT2D eigenvalue weighted by Crippen LogP contribution is 2.49. The summed E-state index contributed by atoms with van der Waals surface area (Å²) in [4.78, 5) is 0. The summed E-state index contributed by atoms with van der Waals surface area (Å²) in [7, 11) is -2.42. The first-order valence-electron chi connectivity index (χ1n) is 9.88. The molecule has 0 amide bonds. The zero-order valence-electron chi connectivity index (χ0n) is 16.2. The lowest BCUT2D eigenvalue weighted by Crippen LogP contribution is -2.67. The minimum atomic E-state index is -2.42. The summed E-state index contributed by atoms with van der Waals surface area (Å²) >= 11 is 0. The van der Waals surface area contributed by atoms with Gasteiger partial charge in [0.2, 0.25) is 0 Å². The smallest absolute Gasteiger partial charge is 0.261 e. The minimum Gasteiger partial charge on any atom is -0.405 e. The standard InChI is InChI=1S/C23H30O2Si/c1-22(2,3)26(20-10-6-4-7-11-20,21-12-8-5-9-13-21)24-18-19-14-15-23(25-19)16-17-23/h4-13,19H,14-18H2,1-3H3. The quantitative estimate of drug-likeness (QED) is 0.736. The Bertz CT molecular complexity index is 692. The van der Waals surface area contributed by atoms with Crippen LogP contribution in [0.2, 0.25) is 5.04 Å². The third-order valence-corrected chi connectivity index (χ3v) is 11.1. The second-order valence-corrected chi connectivity index (χ2v) is 13.2. The zero-order valence-corrected chi connectivity index (χ0v) is 17.2. The van der Waals surface area contributed by atoms with Crippen molar-refractivity contribution in [1.82, 2.24) is 0 Å². The summed E-state index contributed by atoms with van der Waals surface area (Å²) in [5, 5.41) is 2.72. The average Bonchev–Trinajstić information content (AvgIpc) is 3.27. The molecule has 1 unspecified atom stereocenters. The zero-order chi connectivity index (χ0) is 18.3. The number of hydrogen-bond donors (Lipinski definition) is 0. The summed E-state index contributed by atoms with van der Waals surface area (Å²) in [5.41, 5.74) is 0.222. The third kappa shape index (κ3) is 3.17. The van der Waals surface area contributed by atoms with Gasteiger partial charge in [-0.3, -0.25) is 0 Å². The fourth-order valence-electron chi connectivity index (χ4n) is 4.50. The summed E-state index contributed by atoms with van der Waals surface area (Å²) in [6, 6.07) is 21.7. The molecule has 138 valence electrons. The van der Waals surface area contributed by atoms with Crippen LogP contribution >= 0.6 is 0 Å². The molecular weight excluding hydrogens is 336 g/mol. The Labute approximate surface area is 158 Å². The molecule has 2 aliphatic rings. The van der Waals surface area contributed by atoms with Crippen LogP contribution < -0.4 is 10.4 Å². The van der Waals surface area contributed by atoms with E-state index >= 15 is 0 Å². The Morgan fingerprint density at radius 2 is 1.46 bits per heavy atom. The molecule has 0 N–H and O–H groups in total. The van der Waals surface area contributed by atoms with E-state index in [0.29, 0.717) is 6.61 Å². The van der Waals surface area contributed by atoms with Crippen molar-refractivity contribution in [1.29, 1.82) is 0 Å². The van der Waals surface area contributed by atoms with Crippen molar-refractivity contribution in [2.24, 2.45) is 0 Å². The number of ether oxygens (including phenoxy) is 1. The molecule has 1 heterocycles. The van der Waals surface area contributed by atoms with Gasteiger partial charge in [0.15, 0.2) is 0 Å². The molecule has 3 heteroatoms. The molecule has 4 rings (SSSR count). The number of rotatable bonds is 5. The van der Waals surface area contributed by atoms with Crippen LogP contribution in [0.1, 0.15) is 46.5 Å². The number of hydrogen-bond acceptors (Lipinski definition) is 2. The fourth-order valence-corrected chi connectivity index (χ4v) is 9.09. The molecule has 26 heavy (non-hydrogen) atoms. The van der Waals surface area contributed by atoms with Crippen LogP contribution in [-0.4, -0.2) is 26.6 Å². The SMILES string of the molecule is CC(C)(C)[Si](OCC1CCC2(CC2)O1)(c1ccccc1)c1ccccc1. The number of benzene rings is 2. The Kier molecular flexibility index (Phi) is 4.58. The van der Waals surface area contributed by atoms with Crippen LogP contribution in [0.3, 0.4) is 0 Å². The van der Waals surface area contributed by atoms with E-state index < -0.39 is 8.32 Å². The predicted octanol–water partition coefficient (Wildman–Crippen LogP) is 4.27. The Balaban J connectivity index is 1.70. The van der Waals surface area contributed by atoms with Gasteiger partial charge in [0, 0.05) is 0 Å². The van der Waals surface area contributed by atoms with Gasteiger partial charge in [-0.25, -0.2) is 0 Å². The van der Waals surface area contributed by atoms with Gasteiger partial charge in [0.1, 0.15) is 0 Å². The molecular formula is C23H30O2Si. The van der Waals surface area contributed by atoms with E-state index in [1.165, 1.54) is 29.6 Å². The van der Waals surface area contributed by atoms with Gasteiger partial charge in [-0.2, -0.15) is 0 Å². The van der Waals surface area contributed by atoms with Crippen molar-refractivity contribution in [3.8, 4) is 0 Å². The second-order valence-electron chi connectivity index (χ2n) is 8.94. The van der Waals surface area contributed by atoms with Gasteiger partial charge in [-0.05, 0) is 41.1 Å². The van der Waals surface area contributed by atoms with Crippen molar-refractivity contribution in [2.45, 2.75) is 63.2 Å². The molecule has 1 saturated carbocycles. The van der Waals surface area contributed by atoms with Gasteiger partial charge in [-0.15, -0.1) is 0 Å². The summed E-state index contributed by atoms with van der Waals surface area (Å²) < 4.78 is 13.3. The highest BCUT2D eigenvalue weighted by Gasteiger charge is 2.53. The monoisotopic (exact) mass is 366 g/mol. The van der Waals surface area contributed by atoms with E-state index in [2.05, 4.69) is 81.4 Å². The molecule has 0 radical (unpaired) electrons. The molecule has 0 aromatic heterocycles. The molecule has 1 aliphatic carbocycles. The molecule has 1 atom stereocenters. The maximum absolute atomic E-state index is 6.99. The Morgan fingerprint density at radius 3 is 1.88 bits per heavy atom. The van der Waals surface area contributed by atoms with E-state index in [0.717, 1.165) is 6.42 Å². The highest BCUT2D eigenvalue weighted by molar-refractivity contribution is 6.99. The normalized spacial score (nSPS) is 21.9. The van der Waals surface area contributed by atoms with Crippen molar-refractivity contribution in [3.05, 3.63) is 60.7 Å². The van der Waals surface area contributed by atoms with Gasteiger partial charge in [-0.1, -0.05) is 81.4 Å². The van der Waals surface area contributed by atoms with Crippen LogP contribution in [0.15, 0.2) is 60.7 Å². The van der Waals surface area contributed by atoms with Crippen LogP contribution in [0.5, 0.6) is 0 Å². The van der Waals surface area contributed by atoms with E-state index in [4.69, 9.17) is 9.16 Å². The lowest BCUT2D eigenvalue weighted by Gasteiger charge is -2.43. The predicted molar refractivity (Wildman–Crippen MR) is 110 cm³/mol. The highest BCUT2D eigenvalue weighted by atomic mass is 28.4. The fraction of sp³-hybridized carbons (Fsp3) is 0.478. The minimum absolute atomic E-state index is 0.0333. The Morgan fingerprint density at radius 1 is 0.923 bits per heavy atom. The van der Waals surface area contributed by atoms with Gasteiger partial charge in [0.25, 0.3) is 8.32 Å². The van der Waals surface area contributed by atoms with Gasteiger partial charge < -0.3 is 9.16 Å². The van der Waals surface area contributed by atoms with Crippen molar-refractivity contribution in [3.63, 3.8) is 0 Å². The molecule has 1 spiro atoms. The van der Waals surface area contributed by atoms with Crippen LogP contribution in [0.25, 0.3) is 0 Å². The van der Waals surface area contributed by atoms with Crippen molar-refractivity contribution in [2.75, 3.05) is 6.61 Å². The maximum atomic E-state index is 6.99. The second kappa shape index (κ2) is 6.63. The first kappa shape index (κ1) is 18.0. The lowest BCUT2D eigenvalue weighted by molar-refractivity contribution is 0.00179. The summed E-state index contributed by atoms with van der Waals surface area (Å²) in [5.74, 6) is 0. The topological polar surface area (TPSA) is 18.5 Å². The molecule has 1 saturated heterocycles. The molecule has 0 bridgehead atoms. The van der Waals surface area contributed by atoms with Gasteiger partial charge >= 0.3 is 0 Å². The van der Waals surface area contributed by atoms with Crippen LogP contribution in [-0.2, 0) is 9.16 Å². The van der Waals surface area contributed by atoms with Crippen LogP contribution in [0.4, 0.5) is 0 Å². The lowest BCUT2D eigenvalue weighted by atomic mass is 10.2. The first-order chi connectivity index (χ1) is 12.5. The largest absolute Gasteiger partial charge is 0.405 e. The molecule has 2 aromatic rings. The average molecular weight is 367 g/mol. The van der Waals surface area contributed by atoms with E-state index in [1.807, 2.05) is 0 Å². The van der Waals surface area contributed by atoms with Crippen LogP contribution in [0, 0.1) is 0 Å². The van der Waals surface area contributed by atoms with E-state index in [9.17, 15) is 0 Å². The van der Waals surface area contributed by atoms with Crippen molar-refractivity contribution < 1.29 is 9.16 Å². The molecule has 2 nitrogen and oxygen atoms in total. The molecule has 1 aliphatic heterocycles.